The minimum absolute atomic E-state index is 0.103. The van der Waals surface area contributed by atoms with Crippen LogP contribution < -0.4 is 24.4 Å². The van der Waals surface area contributed by atoms with Gasteiger partial charge in [-0.25, -0.2) is 0 Å². The van der Waals surface area contributed by atoms with Crippen LogP contribution in [0.4, 0.5) is 11.7 Å². The maximum absolute atomic E-state index is 12.7. The first-order chi connectivity index (χ1) is 17.4. The van der Waals surface area contributed by atoms with Gasteiger partial charge in [0.1, 0.15) is 0 Å². The molecule has 2 heterocycles. The van der Waals surface area contributed by atoms with Crippen LogP contribution in [-0.4, -0.2) is 47.7 Å². The third kappa shape index (κ3) is 5.14. The van der Waals surface area contributed by atoms with Crippen LogP contribution in [-0.2, 0) is 9.59 Å². The van der Waals surface area contributed by atoms with Gasteiger partial charge in [0.15, 0.2) is 11.5 Å². The standard InChI is InChI=1S/C25H26N4O7/c1-4-33-18-13-16(14-19(34-5-2)22(18)35-6-3)24-27-28-25(36-24)26-23(32)15-7-9-17(10-8-15)29-20(30)11-12-21(29)31/h7-10,13-14H,4-6,11-12H2,1-3H3,(H,26,28,32). The van der Waals surface area contributed by atoms with E-state index in [4.69, 9.17) is 18.6 Å². The lowest BCUT2D eigenvalue weighted by Gasteiger charge is -2.16. The van der Waals surface area contributed by atoms with Crippen molar-refractivity contribution in [2.45, 2.75) is 33.6 Å². The molecule has 0 saturated carbocycles. The number of hydrogen-bond donors (Lipinski definition) is 1. The van der Waals surface area contributed by atoms with Crippen LogP contribution in [0.5, 0.6) is 17.2 Å². The highest BCUT2D eigenvalue weighted by Gasteiger charge is 2.30. The van der Waals surface area contributed by atoms with Crippen molar-refractivity contribution in [3.63, 3.8) is 0 Å². The van der Waals surface area contributed by atoms with E-state index in [0.29, 0.717) is 48.3 Å². The lowest BCUT2D eigenvalue weighted by Crippen LogP contribution is -2.28. The molecule has 1 aromatic heterocycles. The van der Waals surface area contributed by atoms with E-state index in [0.717, 1.165) is 4.90 Å². The second-order valence-electron chi connectivity index (χ2n) is 7.64. The first-order valence-corrected chi connectivity index (χ1v) is 11.6. The van der Waals surface area contributed by atoms with Crippen LogP contribution >= 0.6 is 0 Å². The highest BCUT2D eigenvalue weighted by molar-refractivity contribution is 6.20. The van der Waals surface area contributed by atoms with Crippen LogP contribution in [0, 0.1) is 0 Å². The predicted molar refractivity (Wildman–Crippen MR) is 129 cm³/mol. The van der Waals surface area contributed by atoms with Crippen LogP contribution in [0.1, 0.15) is 44.0 Å². The molecule has 36 heavy (non-hydrogen) atoms. The van der Waals surface area contributed by atoms with Gasteiger partial charge < -0.3 is 18.6 Å². The van der Waals surface area contributed by atoms with E-state index < -0.39 is 5.91 Å². The number of carbonyl (C=O) groups is 3. The summed E-state index contributed by atoms with van der Waals surface area (Å²) in [5, 5.41) is 10.5. The summed E-state index contributed by atoms with van der Waals surface area (Å²) in [5.74, 6) is 0.566. The molecular formula is C25H26N4O7. The summed E-state index contributed by atoms with van der Waals surface area (Å²) < 4.78 is 22.8. The van der Waals surface area contributed by atoms with Crippen LogP contribution in [0.2, 0.25) is 0 Å². The van der Waals surface area contributed by atoms with Crippen LogP contribution in [0.15, 0.2) is 40.8 Å². The van der Waals surface area contributed by atoms with E-state index in [1.54, 1.807) is 24.3 Å². The van der Waals surface area contributed by atoms with Gasteiger partial charge in [-0.3, -0.25) is 24.6 Å². The van der Waals surface area contributed by atoms with Gasteiger partial charge in [0.2, 0.25) is 23.5 Å². The molecule has 11 heteroatoms. The predicted octanol–water partition coefficient (Wildman–Crippen LogP) is 3.84. The summed E-state index contributed by atoms with van der Waals surface area (Å²) in [5.41, 5.74) is 1.24. The van der Waals surface area contributed by atoms with Crippen LogP contribution in [0.3, 0.4) is 0 Å². The molecule has 4 rings (SSSR count). The Kier molecular flexibility index (Phi) is 7.47. The van der Waals surface area contributed by atoms with Gasteiger partial charge in [-0.15, -0.1) is 5.10 Å². The van der Waals surface area contributed by atoms with Crippen molar-refractivity contribution in [2.24, 2.45) is 0 Å². The molecule has 3 aromatic rings. The molecule has 2 aromatic carbocycles. The third-order valence-corrected chi connectivity index (χ3v) is 5.24. The van der Waals surface area contributed by atoms with Gasteiger partial charge in [0.05, 0.1) is 25.5 Å². The summed E-state index contributed by atoms with van der Waals surface area (Å²) >= 11 is 0. The Balaban J connectivity index is 1.52. The first-order valence-electron chi connectivity index (χ1n) is 11.6. The largest absolute Gasteiger partial charge is 0.490 e. The van der Waals surface area contributed by atoms with E-state index in [1.807, 2.05) is 20.8 Å². The fourth-order valence-electron chi connectivity index (χ4n) is 3.70. The minimum atomic E-state index is -0.493. The number of carbonyl (C=O) groups excluding carboxylic acids is 3. The SMILES string of the molecule is CCOc1cc(-c2nnc(NC(=O)c3ccc(N4C(=O)CCC4=O)cc3)o2)cc(OCC)c1OCC. The van der Waals surface area contributed by atoms with Crippen molar-refractivity contribution >= 4 is 29.4 Å². The zero-order valence-corrected chi connectivity index (χ0v) is 20.2. The van der Waals surface area contributed by atoms with Gasteiger partial charge in [-0.2, -0.15) is 0 Å². The molecule has 1 aliphatic rings. The van der Waals surface area contributed by atoms with E-state index in [1.165, 1.54) is 12.1 Å². The third-order valence-electron chi connectivity index (χ3n) is 5.24. The van der Waals surface area contributed by atoms with Crippen molar-refractivity contribution in [1.29, 1.82) is 0 Å². The Morgan fingerprint density at radius 2 is 1.50 bits per heavy atom. The zero-order chi connectivity index (χ0) is 25.7. The molecule has 0 unspecified atom stereocenters. The smallest absolute Gasteiger partial charge is 0.322 e. The molecule has 188 valence electrons. The van der Waals surface area contributed by atoms with Gasteiger partial charge in [-0.1, -0.05) is 5.10 Å². The second-order valence-corrected chi connectivity index (χ2v) is 7.64. The topological polar surface area (TPSA) is 133 Å². The molecule has 0 aliphatic carbocycles. The fraction of sp³-hybridized carbons (Fsp3) is 0.320. The summed E-state index contributed by atoms with van der Waals surface area (Å²) in [6.45, 7) is 6.85. The average molecular weight is 495 g/mol. The molecule has 1 fully saturated rings. The molecule has 0 spiro atoms. The highest BCUT2D eigenvalue weighted by Crippen LogP contribution is 2.41. The Morgan fingerprint density at radius 1 is 0.917 bits per heavy atom. The molecule has 1 saturated heterocycles. The van der Waals surface area contributed by atoms with E-state index in [-0.39, 0.29) is 42.1 Å². The number of benzene rings is 2. The Bertz CT molecular complexity index is 1230. The fourth-order valence-corrected chi connectivity index (χ4v) is 3.70. The summed E-state index contributed by atoms with van der Waals surface area (Å²) in [7, 11) is 0. The zero-order valence-electron chi connectivity index (χ0n) is 20.2. The lowest BCUT2D eigenvalue weighted by molar-refractivity contribution is -0.121. The molecule has 1 aliphatic heterocycles. The maximum Gasteiger partial charge on any atom is 0.322 e. The number of nitrogens with one attached hydrogen (secondary N) is 1. The van der Waals surface area contributed by atoms with Gasteiger partial charge in [0, 0.05) is 24.0 Å². The molecule has 0 atom stereocenters. The first kappa shape index (κ1) is 24.7. The van der Waals surface area contributed by atoms with Crippen molar-refractivity contribution in [3.05, 3.63) is 42.0 Å². The monoisotopic (exact) mass is 494 g/mol. The number of ether oxygens (including phenoxy) is 3. The van der Waals surface area contributed by atoms with Crippen molar-refractivity contribution in [1.82, 2.24) is 10.2 Å². The molecular weight excluding hydrogens is 468 g/mol. The number of amides is 3. The molecule has 11 nitrogen and oxygen atoms in total. The lowest BCUT2D eigenvalue weighted by atomic mass is 10.2. The molecule has 1 N–H and O–H groups in total. The highest BCUT2D eigenvalue weighted by atomic mass is 16.5. The number of hydrogen-bond acceptors (Lipinski definition) is 9. The summed E-state index contributed by atoms with van der Waals surface area (Å²) in [6, 6.07) is 9.41. The maximum atomic E-state index is 12.7. The van der Waals surface area contributed by atoms with Crippen molar-refractivity contribution in [2.75, 3.05) is 30.0 Å². The van der Waals surface area contributed by atoms with Crippen molar-refractivity contribution < 1.29 is 33.0 Å². The van der Waals surface area contributed by atoms with Crippen molar-refractivity contribution in [3.8, 4) is 28.7 Å². The second kappa shape index (κ2) is 10.9. The van der Waals surface area contributed by atoms with Gasteiger partial charge in [0.25, 0.3) is 5.91 Å². The van der Waals surface area contributed by atoms with Gasteiger partial charge >= 0.3 is 6.01 Å². The van der Waals surface area contributed by atoms with Gasteiger partial charge in [-0.05, 0) is 57.2 Å². The summed E-state index contributed by atoms with van der Waals surface area (Å²) in [6.07, 6.45) is 0.375. The van der Waals surface area contributed by atoms with E-state index in [9.17, 15) is 14.4 Å². The number of rotatable bonds is 10. The Hall–Kier alpha value is -4.41. The average Bonchev–Trinajstić information content (AvgIpc) is 3.47. The summed E-state index contributed by atoms with van der Waals surface area (Å²) in [4.78, 5) is 37.6. The number of nitrogens with zero attached hydrogens (tertiary/aromatic N) is 3. The molecule has 0 radical (unpaired) electrons. The quantitative estimate of drug-likeness (QED) is 0.417. The molecule has 0 bridgehead atoms. The minimum Gasteiger partial charge on any atom is -0.490 e. The number of imide groups is 1. The van der Waals surface area contributed by atoms with E-state index >= 15 is 0 Å². The Morgan fingerprint density at radius 3 is 2.06 bits per heavy atom. The molecule has 3 amide bonds. The van der Waals surface area contributed by atoms with E-state index in [2.05, 4.69) is 15.5 Å². The number of aromatic nitrogens is 2. The Labute approximate surface area is 207 Å². The van der Waals surface area contributed by atoms with Crippen LogP contribution in [0.25, 0.3) is 11.5 Å². The normalized spacial score (nSPS) is 13.1. The number of anilines is 2.